The number of halogens is 4. The van der Waals surface area contributed by atoms with Crippen LogP contribution >= 0.6 is 59.4 Å². The fourth-order valence-corrected chi connectivity index (χ4v) is 3.66. The molecule has 2 atom stereocenters. The summed E-state index contributed by atoms with van der Waals surface area (Å²) < 4.78 is 13.0. The molecule has 0 spiro atoms. The van der Waals surface area contributed by atoms with E-state index in [1.165, 1.54) is 0 Å². The molecule has 0 aliphatic rings. The zero-order valence-corrected chi connectivity index (χ0v) is 15.5. The van der Waals surface area contributed by atoms with Gasteiger partial charge in [-0.1, -0.05) is 0 Å². The Bertz CT molecular complexity index is 394. The lowest BCUT2D eigenvalue weighted by Gasteiger charge is -2.17. The highest BCUT2D eigenvalue weighted by Gasteiger charge is 2.18. The van der Waals surface area contributed by atoms with E-state index < -0.39 is 9.53 Å². The molecule has 1 aromatic carbocycles. The molecule has 0 amide bonds. The van der Waals surface area contributed by atoms with Crippen LogP contribution in [-0.2, 0) is 4.43 Å². The van der Waals surface area contributed by atoms with Gasteiger partial charge in [-0.3, -0.25) is 0 Å². The Balaban J connectivity index is 2.72. The zero-order valence-electron chi connectivity index (χ0n) is 8.79. The molecule has 17 heavy (non-hydrogen) atoms. The summed E-state index contributed by atoms with van der Waals surface area (Å²) in [5, 5.41) is 0. The van der Waals surface area contributed by atoms with Crippen LogP contribution < -0.4 is 4.43 Å². The molecule has 0 aromatic heterocycles. The molecule has 0 bridgehead atoms. The van der Waals surface area contributed by atoms with E-state index in [4.69, 9.17) is 20.5 Å². The summed E-state index contributed by atoms with van der Waals surface area (Å²) in [6.45, 7) is 1.78. The fraction of sp³-hybridized carbons (Fsp3) is 0.333. The van der Waals surface area contributed by atoms with Gasteiger partial charge < -0.3 is 13.6 Å². The fourth-order valence-electron chi connectivity index (χ4n) is 0.971. The average Bonchev–Trinajstić information content (AvgIpc) is 2.29. The Labute approximate surface area is 132 Å². The van der Waals surface area contributed by atoms with Crippen molar-refractivity contribution in [2.45, 2.75) is 13.0 Å². The lowest BCUT2D eigenvalue weighted by atomic mass is 10.3. The minimum atomic E-state index is -2.72. The number of alkyl halides is 1. The van der Waals surface area contributed by atoms with Gasteiger partial charge in [0.1, 0.15) is 5.75 Å². The maximum atomic E-state index is 9.68. The van der Waals surface area contributed by atoms with Gasteiger partial charge in [-0.25, -0.2) is 0 Å². The van der Waals surface area contributed by atoms with E-state index in [2.05, 4.69) is 47.8 Å². The highest BCUT2D eigenvalue weighted by Crippen LogP contribution is 2.37. The maximum absolute atomic E-state index is 9.68. The van der Waals surface area contributed by atoms with E-state index in [-0.39, 0.29) is 6.10 Å². The standard InChI is InChI=1S/C9H10Br3ClO3Si/c1-5(4-13)15-17(14)16-7-3-2-6(10)8(11)9(7)12/h2-3,5,14,17H,4H2,1H3. The van der Waals surface area contributed by atoms with Gasteiger partial charge in [0.2, 0.25) is 0 Å². The molecule has 3 nitrogen and oxygen atoms in total. The molecule has 0 aliphatic carbocycles. The van der Waals surface area contributed by atoms with Gasteiger partial charge >= 0.3 is 9.53 Å². The number of hydrogen-bond acceptors (Lipinski definition) is 3. The van der Waals surface area contributed by atoms with Crippen molar-refractivity contribution in [3.05, 3.63) is 25.6 Å². The first-order valence-electron chi connectivity index (χ1n) is 4.65. The van der Waals surface area contributed by atoms with Crippen LogP contribution in [0.1, 0.15) is 6.92 Å². The summed E-state index contributed by atoms with van der Waals surface area (Å²) in [6.07, 6.45) is -0.226. The molecular weight excluding hydrogens is 459 g/mol. The Hall–Kier alpha value is 0.887. The van der Waals surface area contributed by atoms with Crippen molar-refractivity contribution in [1.82, 2.24) is 0 Å². The second-order valence-electron chi connectivity index (χ2n) is 3.20. The molecular formula is C9H10Br3ClO3Si. The first kappa shape index (κ1) is 15.9. The van der Waals surface area contributed by atoms with Gasteiger partial charge in [0.25, 0.3) is 0 Å². The average molecular weight is 469 g/mol. The number of hydrogen-bond donors (Lipinski definition) is 1. The summed E-state index contributed by atoms with van der Waals surface area (Å²) in [4.78, 5) is 9.68. The third-order valence-corrected chi connectivity index (χ3v) is 6.72. The SMILES string of the molecule is CC(CCl)O[SiH](O)Oc1ccc(Br)c(Br)c1Br. The van der Waals surface area contributed by atoms with E-state index in [1.807, 2.05) is 6.07 Å². The van der Waals surface area contributed by atoms with E-state index in [9.17, 15) is 4.80 Å². The Morgan fingerprint density at radius 2 is 2.00 bits per heavy atom. The molecule has 1 N–H and O–H groups in total. The van der Waals surface area contributed by atoms with E-state index in [0.29, 0.717) is 11.6 Å². The van der Waals surface area contributed by atoms with Crippen molar-refractivity contribution in [2.24, 2.45) is 0 Å². The summed E-state index contributed by atoms with van der Waals surface area (Å²) in [7, 11) is -2.72. The molecule has 0 radical (unpaired) electrons. The smallest absolute Gasteiger partial charge is 0.502 e. The van der Waals surface area contributed by atoms with Crippen LogP contribution in [0, 0.1) is 0 Å². The first-order valence-corrected chi connectivity index (χ1v) is 9.02. The second kappa shape index (κ2) is 7.47. The summed E-state index contributed by atoms with van der Waals surface area (Å²) in [5.41, 5.74) is 0. The van der Waals surface area contributed by atoms with Crippen LogP contribution in [0.15, 0.2) is 25.6 Å². The topological polar surface area (TPSA) is 38.7 Å². The summed E-state index contributed by atoms with van der Waals surface area (Å²) >= 11 is 15.7. The van der Waals surface area contributed by atoms with Crippen LogP contribution in [-0.4, -0.2) is 26.3 Å². The zero-order chi connectivity index (χ0) is 13.0. The highest BCUT2D eigenvalue weighted by atomic mass is 79.9. The van der Waals surface area contributed by atoms with E-state index in [0.717, 1.165) is 13.4 Å². The van der Waals surface area contributed by atoms with E-state index >= 15 is 0 Å². The highest BCUT2D eigenvalue weighted by molar-refractivity contribution is 9.14. The minimum absolute atomic E-state index is 0.226. The summed E-state index contributed by atoms with van der Waals surface area (Å²) in [5.74, 6) is 0.847. The molecule has 0 saturated carbocycles. The molecule has 1 rings (SSSR count). The molecule has 0 fully saturated rings. The third kappa shape index (κ3) is 4.81. The monoisotopic (exact) mass is 466 g/mol. The molecule has 96 valence electrons. The molecule has 0 heterocycles. The predicted molar refractivity (Wildman–Crippen MR) is 80.8 cm³/mol. The van der Waals surface area contributed by atoms with Gasteiger partial charge in [-0.2, -0.15) is 0 Å². The van der Waals surface area contributed by atoms with Gasteiger partial charge in [-0.05, 0) is 66.8 Å². The number of rotatable bonds is 5. The largest absolute Gasteiger partial charge is 0.547 e. The van der Waals surface area contributed by atoms with Crippen molar-refractivity contribution in [3.63, 3.8) is 0 Å². The van der Waals surface area contributed by atoms with Crippen LogP contribution in [0.25, 0.3) is 0 Å². The van der Waals surface area contributed by atoms with Crippen molar-refractivity contribution in [1.29, 1.82) is 0 Å². The van der Waals surface area contributed by atoms with Crippen molar-refractivity contribution < 1.29 is 13.6 Å². The lowest BCUT2D eigenvalue weighted by molar-refractivity contribution is 0.150. The minimum Gasteiger partial charge on any atom is -0.502 e. The molecule has 1 aromatic rings. The van der Waals surface area contributed by atoms with E-state index in [1.54, 1.807) is 13.0 Å². The van der Waals surface area contributed by atoms with Crippen molar-refractivity contribution in [2.75, 3.05) is 5.88 Å². The predicted octanol–water partition coefficient (Wildman–Crippen LogP) is 3.71. The molecule has 8 heteroatoms. The maximum Gasteiger partial charge on any atom is 0.547 e. The Morgan fingerprint density at radius 3 is 2.59 bits per heavy atom. The van der Waals surface area contributed by atoms with Crippen molar-refractivity contribution >= 4 is 68.9 Å². The first-order chi connectivity index (χ1) is 7.95. The van der Waals surface area contributed by atoms with Crippen LogP contribution in [0.2, 0.25) is 0 Å². The van der Waals surface area contributed by atoms with Gasteiger partial charge in [0.15, 0.2) is 0 Å². The van der Waals surface area contributed by atoms with Crippen LogP contribution in [0.4, 0.5) is 0 Å². The second-order valence-corrected chi connectivity index (χ2v) is 7.07. The summed E-state index contributed by atoms with van der Waals surface area (Å²) in [6, 6.07) is 3.56. The normalized spacial score (nSPS) is 14.5. The van der Waals surface area contributed by atoms with Crippen LogP contribution in [0.3, 0.4) is 0 Å². The Morgan fingerprint density at radius 1 is 1.35 bits per heavy atom. The van der Waals surface area contributed by atoms with Gasteiger partial charge in [0.05, 0.1) is 10.6 Å². The van der Waals surface area contributed by atoms with Crippen LogP contribution in [0.5, 0.6) is 5.75 Å². The molecule has 0 saturated heterocycles. The Kier molecular flexibility index (Phi) is 7.01. The molecule has 2 unspecified atom stereocenters. The quantitative estimate of drug-likeness (QED) is 0.406. The number of benzene rings is 1. The van der Waals surface area contributed by atoms with Gasteiger partial charge in [0, 0.05) is 14.8 Å². The molecule has 0 aliphatic heterocycles. The lowest BCUT2D eigenvalue weighted by Crippen LogP contribution is -2.31. The van der Waals surface area contributed by atoms with Gasteiger partial charge in [-0.15, -0.1) is 11.6 Å². The third-order valence-electron chi connectivity index (χ3n) is 1.79. The van der Waals surface area contributed by atoms with Crippen molar-refractivity contribution in [3.8, 4) is 5.75 Å².